The van der Waals surface area contributed by atoms with Crippen LogP contribution in [0.2, 0.25) is 0 Å². The van der Waals surface area contributed by atoms with Gasteiger partial charge in [-0.25, -0.2) is 0 Å². The number of carbonyl (C=O) groups is 2. The summed E-state index contributed by atoms with van der Waals surface area (Å²) in [5.41, 5.74) is 2.10. The first-order valence-corrected chi connectivity index (χ1v) is 7.84. The average Bonchev–Trinajstić information content (AvgIpc) is 2.45. The number of rotatable bonds is 3. The van der Waals surface area contributed by atoms with Crippen molar-refractivity contribution in [2.24, 2.45) is 0 Å². The van der Waals surface area contributed by atoms with Crippen LogP contribution in [0.1, 0.15) is 24.5 Å². The molecule has 0 radical (unpaired) electrons. The summed E-state index contributed by atoms with van der Waals surface area (Å²) < 4.78 is 0.954. The number of amides is 2. The Kier molecular flexibility index (Phi) is 5.17. The fraction of sp³-hybridized carbons (Fsp3) is 0.375. The van der Waals surface area contributed by atoms with Crippen LogP contribution in [0, 0.1) is 6.92 Å². The normalized spacial score (nSPS) is 18.9. The number of halogens is 1. The number of benzene rings is 1. The van der Waals surface area contributed by atoms with E-state index in [1.54, 1.807) is 11.0 Å². The number of hydrogen-bond donors (Lipinski definition) is 1. The van der Waals surface area contributed by atoms with Crippen molar-refractivity contribution in [3.63, 3.8) is 0 Å². The molecule has 1 aromatic rings. The molecule has 0 spiro atoms. The van der Waals surface area contributed by atoms with E-state index in [-0.39, 0.29) is 17.9 Å². The predicted octanol–water partition coefficient (Wildman–Crippen LogP) is 2.51. The Morgan fingerprint density at radius 1 is 1.52 bits per heavy atom. The molecule has 1 aliphatic heterocycles. The van der Waals surface area contributed by atoms with Crippen LogP contribution in [0.5, 0.6) is 0 Å². The lowest BCUT2D eigenvalue weighted by molar-refractivity contribution is -0.140. The van der Waals surface area contributed by atoms with E-state index in [9.17, 15) is 9.59 Å². The molecule has 21 heavy (non-hydrogen) atoms. The minimum atomic E-state index is -0.364. The van der Waals surface area contributed by atoms with Crippen LogP contribution < -0.4 is 5.32 Å². The number of nitrogens with one attached hydrogen (secondary N) is 1. The standard InChI is InChI=1S/C16H19BrN2O2/c1-3-14-16(21)18-8-9-19(14)15(20)7-6-12-5-4-11(2)10-13(12)17/h4-7,10,14H,3,8-9H2,1-2H3,(H,18,21). The van der Waals surface area contributed by atoms with E-state index >= 15 is 0 Å². The number of aryl methyl sites for hydroxylation is 1. The van der Waals surface area contributed by atoms with Crippen molar-refractivity contribution in [1.82, 2.24) is 10.2 Å². The SMILES string of the molecule is CCC1C(=O)NCCN1C(=O)C=Cc1ccc(C)cc1Br. The van der Waals surface area contributed by atoms with Crippen molar-refractivity contribution >= 4 is 33.8 Å². The highest BCUT2D eigenvalue weighted by Crippen LogP contribution is 2.20. The zero-order chi connectivity index (χ0) is 15.4. The summed E-state index contributed by atoms with van der Waals surface area (Å²) in [6.07, 6.45) is 3.95. The van der Waals surface area contributed by atoms with Crippen LogP contribution in [0.4, 0.5) is 0 Å². The van der Waals surface area contributed by atoms with Gasteiger partial charge in [-0.15, -0.1) is 0 Å². The Balaban J connectivity index is 2.12. The van der Waals surface area contributed by atoms with E-state index in [2.05, 4.69) is 21.2 Å². The maximum Gasteiger partial charge on any atom is 0.247 e. The van der Waals surface area contributed by atoms with Crippen molar-refractivity contribution in [1.29, 1.82) is 0 Å². The van der Waals surface area contributed by atoms with Crippen LogP contribution in [0.15, 0.2) is 28.7 Å². The van der Waals surface area contributed by atoms with E-state index in [1.165, 1.54) is 6.08 Å². The van der Waals surface area contributed by atoms with E-state index in [1.807, 2.05) is 32.0 Å². The zero-order valence-electron chi connectivity index (χ0n) is 12.2. The monoisotopic (exact) mass is 350 g/mol. The first-order valence-electron chi connectivity index (χ1n) is 7.05. The van der Waals surface area contributed by atoms with Gasteiger partial charge < -0.3 is 10.2 Å². The van der Waals surface area contributed by atoms with Crippen molar-refractivity contribution < 1.29 is 9.59 Å². The molecule has 4 nitrogen and oxygen atoms in total. The van der Waals surface area contributed by atoms with Crippen molar-refractivity contribution in [2.75, 3.05) is 13.1 Å². The zero-order valence-corrected chi connectivity index (χ0v) is 13.8. The van der Waals surface area contributed by atoms with Crippen LogP contribution in [-0.4, -0.2) is 35.8 Å². The molecule has 2 rings (SSSR count). The second-order valence-electron chi connectivity index (χ2n) is 5.11. The third kappa shape index (κ3) is 3.73. The van der Waals surface area contributed by atoms with Crippen LogP contribution >= 0.6 is 15.9 Å². The Hall–Kier alpha value is -1.62. The minimum absolute atomic E-state index is 0.0676. The number of carbonyl (C=O) groups excluding carboxylic acids is 2. The minimum Gasteiger partial charge on any atom is -0.353 e. The van der Waals surface area contributed by atoms with Gasteiger partial charge >= 0.3 is 0 Å². The molecule has 2 amide bonds. The fourth-order valence-electron chi connectivity index (χ4n) is 2.41. The van der Waals surface area contributed by atoms with Crippen LogP contribution in [-0.2, 0) is 9.59 Å². The molecule has 1 fully saturated rings. The van der Waals surface area contributed by atoms with Gasteiger partial charge in [0.25, 0.3) is 0 Å². The Morgan fingerprint density at radius 2 is 2.29 bits per heavy atom. The molecule has 1 saturated heterocycles. The lowest BCUT2D eigenvalue weighted by Gasteiger charge is -2.33. The summed E-state index contributed by atoms with van der Waals surface area (Å²) >= 11 is 3.49. The second-order valence-corrected chi connectivity index (χ2v) is 5.96. The van der Waals surface area contributed by atoms with Gasteiger partial charge in [0.1, 0.15) is 6.04 Å². The Labute approximate surface area is 133 Å². The average molecular weight is 351 g/mol. The molecule has 1 aromatic carbocycles. The first kappa shape index (κ1) is 15.8. The van der Waals surface area contributed by atoms with Crippen LogP contribution in [0.25, 0.3) is 6.08 Å². The highest BCUT2D eigenvalue weighted by atomic mass is 79.9. The van der Waals surface area contributed by atoms with Crippen molar-refractivity contribution in [2.45, 2.75) is 26.3 Å². The molecule has 1 aliphatic rings. The molecule has 0 saturated carbocycles. The number of piperazine rings is 1. The smallest absolute Gasteiger partial charge is 0.247 e. The molecular formula is C16H19BrN2O2. The number of nitrogens with zero attached hydrogens (tertiary/aromatic N) is 1. The Bertz CT molecular complexity index is 584. The van der Waals surface area contributed by atoms with E-state index in [0.29, 0.717) is 19.5 Å². The maximum absolute atomic E-state index is 12.3. The maximum atomic E-state index is 12.3. The van der Waals surface area contributed by atoms with Gasteiger partial charge in [0.15, 0.2) is 0 Å². The van der Waals surface area contributed by atoms with Gasteiger partial charge in [0.05, 0.1) is 0 Å². The van der Waals surface area contributed by atoms with E-state index in [4.69, 9.17) is 0 Å². The molecule has 0 bridgehead atoms. The highest BCUT2D eigenvalue weighted by molar-refractivity contribution is 9.10. The second kappa shape index (κ2) is 6.89. The highest BCUT2D eigenvalue weighted by Gasteiger charge is 2.30. The summed E-state index contributed by atoms with van der Waals surface area (Å²) in [6.45, 7) is 5.00. The van der Waals surface area contributed by atoms with Gasteiger partial charge in [-0.3, -0.25) is 9.59 Å². The molecule has 1 atom stereocenters. The summed E-state index contributed by atoms with van der Waals surface area (Å²) in [6, 6.07) is 5.60. The van der Waals surface area contributed by atoms with Crippen LogP contribution in [0.3, 0.4) is 0 Å². The lowest BCUT2D eigenvalue weighted by Crippen LogP contribution is -2.56. The van der Waals surface area contributed by atoms with Crippen molar-refractivity contribution in [3.05, 3.63) is 39.9 Å². The lowest BCUT2D eigenvalue weighted by atomic mass is 10.1. The Morgan fingerprint density at radius 3 is 2.95 bits per heavy atom. The molecule has 5 heteroatoms. The molecule has 0 aromatic heterocycles. The van der Waals surface area contributed by atoms with Crippen molar-refractivity contribution in [3.8, 4) is 0 Å². The van der Waals surface area contributed by atoms with Gasteiger partial charge in [-0.05, 0) is 36.6 Å². The molecular weight excluding hydrogens is 332 g/mol. The quantitative estimate of drug-likeness (QED) is 0.851. The van der Waals surface area contributed by atoms with Gasteiger partial charge in [0.2, 0.25) is 11.8 Å². The largest absolute Gasteiger partial charge is 0.353 e. The third-order valence-electron chi connectivity index (χ3n) is 3.56. The predicted molar refractivity (Wildman–Crippen MR) is 86.7 cm³/mol. The summed E-state index contributed by atoms with van der Waals surface area (Å²) in [5, 5.41) is 2.79. The van der Waals surface area contributed by atoms with Gasteiger partial charge in [-0.1, -0.05) is 35.0 Å². The van der Waals surface area contributed by atoms with Gasteiger partial charge in [0, 0.05) is 23.6 Å². The number of hydrogen-bond acceptors (Lipinski definition) is 2. The molecule has 1 heterocycles. The summed E-state index contributed by atoms with van der Waals surface area (Å²) in [4.78, 5) is 25.7. The summed E-state index contributed by atoms with van der Waals surface area (Å²) in [5.74, 6) is -0.189. The fourth-order valence-corrected chi connectivity index (χ4v) is 3.03. The first-order chi connectivity index (χ1) is 10.0. The van der Waals surface area contributed by atoms with E-state index < -0.39 is 0 Å². The topological polar surface area (TPSA) is 49.4 Å². The molecule has 112 valence electrons. The molecule has 1 N–H and O–H groups in total. The van der Waals surface area contributed by atoms with Gasteiger partial charge in [-0.2, -0.15) is 0 Å². The van der Waals surface area contributed by atoms with E-state index in [0.717, 1.165) is 15.6 Å². The third-order valence-corrected chi connectivity index (χ3v) is 4.25. The molecule has 1 unspecified atom stereocenters. The summed E-state index contributed by atoms with van der Waals surface area (Å²) in [7, 11) is 0. The molecule has 0 aliphatic carbocycles.